The van der Waals surface area contributed by atoms with Crippen LogP contribution in [-0.2, 0) is 0 Å². The van der Waals surface area contributed by atoms with Crippen LogP contribution in [0.15, 0.2) is 9.22 Å². The molecule has 0 saturated carbocycles. The van der Waals surface area contributed by atoms with E-state index in [9.17, 15) is 0 Å². The van der Waals surface area contributed by atoms with Crippen LogP contribution in [0.3, 0.4) is 0 Å². The molecule has 1 heterocycles. The fourth-order valence-electron chi connectivity index (χ4n) is 0.252. The topological polar surface area (TPSA) is 0 Å². The molecule has 0 aliphatic carbocycles. The molecule has 0 amide bonds. The quantitative estimate of drug-likeness (QED) is 0.520. The standard InChI is InChI=1S/C3H5As3/c1-3-2-4-6-5-3/h2,5H,1H3. The molecule has 1 unspecified atom stereocenters. The fourth-order valence-corrected chi connectivity index (χ4v) is 28.8. The molecule has 3 heteroatoms. The monoisotopic (exact) mass is 266 g/mol. The van der Waals surface area contributed by atoms with Crippen molar-refractivity contribution >= 4 is 37.9 Å². The van der Waals surface area contributed by atoms with E-state index in [1.165, 1.54) is 0 Å². The van der Waals surface area contributed by atoms with E-state index in [0.717, 1.165) is 24.2 Å². The Morgan fingerprint density at radius 2 is 2.67 bits per heavy atom. The van der Waals surface area contributed by atoms with E-state index < -0.39 is 0 Å². The molecule has 0 bridgehead atoms. The Labute approximate surface area is 53.7 Å². The molecule has 0 aromatic heterocycles. The molecule has 0 fully saturated rings. The summed E-state index contributed by atoms with van der Waals surface area (Å²) in [5.41, 5.74) is 0. The minimum atomic E-state index is 0.566. The summed E-state index contributed by atoms with van der Waals surface area (Å²) >= 11 is 2.32. The first-order chi connectivity index (χ1) is 2.89. The summed E-state index contributed by atoms with van der Waals surface area (Å²) in [6, 6.07) is 0. The van der Waals surface area contributed by atoms with Gasteiger partial charge in [0.2, 0.25) is 0 Å². The molecule has 0 spiro atoms. The van der Waals surface area contributed by atoms with Gasteiger partial charge in [0.1, 0.15) is 0 Å². The van der Waals surface area contributed by atoms with Gasteiger partial charge in [0, 0.05) is 0 Å². The van der Waals surface area contributed by atoms with Crippen molar-refractivity contribution in [3.05, 3.63) is 9.22 Å². The number of hydrogen-bond acceptors (Lipinski definition) is 0. The van der Waals surface area contributed by atoms with E-state index in [-0.39, 0.29) is 0 Å². The van der Waals surface area contributed by atoms with Crippen LogP contribution >= 0.6 is 0 Å². The second kappa shape index (κ2) is 2.66. The van der Waals surface area contributed by atoms with Crippen LogP contribution in [0, 0.1) is 0 Å². The van der Waals surface area contributed by atoms with Crippen molar-refractivity contribution in [2.75, 3.05) is 0 Å². The van der Waals surface area contributed by atoms with Crippen LogP contribution < -0.4 is 0 Å². The van der Waals surface area contributed by atoms with Gasteiger partial charge >= 0.3 is 54.0 Å². The summed E-state index contributed by atoms with van der Waals surface area (Å²) in [6.07, 6.45) is 0. The van der Waals surface area contributed by atoms with Gasteiger partial charge in [-0.3, -0.25) is 0 Å². The number of hydrogen-bond donors (Lipinski definition) is 0. The Bertz CT molecular complexity index is 103. The minimum absolute atomic E-state index is 0.566. The van der Waals surface area contributed by atoms with Crippen LogP contribution in [0.25, 0.3) is 0 Å². The predicted octanol–water partition coefficient (Wildman–Crippen LogP) is -0.464. The maximum atomic E-state index is 2.51. The summed E-state index contributed by atoms with van der Waals surface area (Å²) in [4.78, 5) is 2.51. The number of allylic oxidation sites excluding steroid dienone is 1. The molecule has 32 valence electrons. The third-order valence-corrected chi connectivity index (χ3v) is 23.8. The van der Waals surface area contributed by atoms with Gasteiger partial charge in [-0.05, 0) is 0 Å². The zero-order valence-corrected chi connectivity index (χ0v) is 9.32. The van der Waals surface area contributed by atoms with Gasteiger partial charge < -0.3 is 0 Å². The predicted molar refractivity (Wildman–Crippen MR) is 32.4 cm³/mol. The van der Waals surface area contributed by atoms with Crippen molar-refractivity contribution in [3.63, 3.8) is 0 Å². The van der Waals surface area contributed by atoms with E-state index >= 15 is 0 Å². The summed E-state index contributed by atoms with van der Waals surface area (Å²) in [5.74, 6) is 0. The summed E-state index contributed by atoms with van der Waals surface area (Å²) in [7, 11) is 0. The zero-order valence-electron chi connectivity index (χ0n) is 3.47. The molecule has 0 radical (unpaired) electrons. The molecule has 1 aliphatic rings. The Morgan fingerprint density at radius 1 is 1.83 bits per heavy atom. The van der Waals surface area contributed by atoms with E-state index in [4.69, 9.17) is 0 Å². The molecular weight excluding hydrogens is 261 g/mol. The molecule has 0 N–H and O–H groups in total. The van der Waals surface area contributed by atoms with Gasteiger partial charge in [0.05, 0.1) is 0 Å². The second-order valence-corrected chi connectivity index (χ2v) is 23.2. The molecule has 1 atom stereocenters. The van der Waals surface area contributed by atoms with Crippen LogP contribution in [-0.4, -0.2) is 37.9 Å². The summed E-state index contributed by atoms with van der Waals surface area (Å²) < 4.78 is 1.79. The van der Waals surface area contributed by atoms with Crippen molar-refractivity contribution in [2.24, 2.45) is 0 Å². The van der Waals surface area contributed by atoms with Crippen molar-refractivity contribution in [3.8, 4) is 0 Å². The first-order valence-electron chi connectivity index (χ1n) is 1.72. The molecule has 0 aromatic rings. The summed E-state index contributed by atoms with van der Waals surface area (Å²) in [6.45, 7) is 2.30. The Balaban J connectivity index is 2.61. The Hall–Kier alpha value is 1.42. The van der Waals surface area contributed by atoms with E-state index in [2.05, 4.69) is 11.8 Å². The van der Waals surface area contributed by atoms with Crippen LogP contribution in [0.4, 0.5) is 0 Å². The van der Waals surface area contributed by atoms with Gasteiger partial charge in [-0.2, -0.15) is 0 Å². The van der Waals surface area contributed by atoms with Crippen molar-refractivity contribution < 1.29 is 0 Å². The molecule has 1 aliphatic heterocycles. The van der Waals surface area contributed by atoms with Gasteiger partial charge in [0.25, 0.3) is 0 Å². The van der Waals surface area contributed by atoms with Gasteiger partial charge in [-0.25, -0.2) is 0 Å². The third kappa shape index (κ3) is 1.49. The molecule has 0 nitrogen and oxygen atoms in total. The van der Waals surface area contributed by atoms with Gasteiger partial charge in [-0.1, -0.05) is 0 Å². The molecule has 0 saturated heterocycles. The zero-order chi connectivity index (χ0) is 4.41. The van der Waals surface area contributed by atoms with E-state index in [1.54, 1.807) is 4.36 Å². The average molecular weight is 266 g/mol. The Morgan fingerprint density at radius 3 is 2.83 bits per heavy atom. The number of rotatable bonds is 0. The van der Waals surface area contributed by atoms with Crippen LogP contribution in [0.5, 0.6) is 0 Å². The third-order valence-electron chi connectivity index (χ3n) is 0.535. The van der Waals surface area contributed by atoms with E-state index in [0.29, 0.717) is 13.7 Å². The second-order valence-electron chi connectivity index (χ2n) is 1.14. The molecule has 1 rings (SSSR count). The first kappa shape index (κ1) is 5.55. The maximum absolute atomic E-state index is 2.51. The van der Waals surface area contributed by atoms with Crippen LogP contribution in [0.2, 0.25) is 0 Å². The van der Waals surface area contributed by atoms with Gasteiger partial charge in [0.15, 0.2) is 0 Å². The average Bonchev–Trinajstić information content (AvgIpc) is 1.86. The first-order valence-corrected chi connectivity index (χ1v) is 14.9. The SMILES string of the molecule is CC1=C[As]=[As][AsH]1. The van der Waals surface area contributed by atoms with E-state index in [1.807, 2.05) is 0 Å². The molecular formula is C3H5As3. The molecule has 0 aromatic carbocycles. The van der Waals surface area contributed by atoms with Crippen molar-refractivity contribution in [2.45, 2.75) is 6.92 Å². The van der Waals surface area contributed by atoms with Crippen LogP contribution in [0.1, 0.15) is 6.92 Å². The van der Waals surface area contributed by atoms with Gasteiger partial charge in [-0.15, -0.1) is 0 Å². The van der Waals surface area contributed by atoms with Crippen molar-refractivity contribution in [1.29, 1.82) is 0 Å². The Kier molecular flexibility index (Phi) is 2.46. The molecule has 6 heavy (non-hydrogen) atoms. The summed E-state index contributed by atoms with van der Waals surface area (Å²) in [5, 5.41) is 0. The van der Waals surface area contributed by atoms with Crippen molar-refractivity contribution in [1.82, 2.24) is 0 Å². The normalized spacial score (nSPS) is 27.8. The fraction of sp³-hybridized carbons (Fsp3) is 0.333.